The van der Waals surface area contributed by atoms with Crippen LogP contribution < -0.4 is 10.9 Å². The van der Waals surface area contributed by atoms with E-state index in [0.29, 0.717) is 23.7 Å². The number of hydrogen-bond acceptors (Lipinski definition) is 4. The molecule has 2 aromatic heterocycles. The van der Waals surface area contributed by atoms with Crippen molar-refractivity contribution in [3.05, 3.63) is 22.1 Å². The van der Waals surface area contributed by atoms with Crippen molar-refractivity contribution in [3.63, 3.8) is 0 Å². The van der Waals surface area contributed by atoms with Crippen LogP contribution in [0.4, 0.5) is 5.82 Å². The first-order valence-corrected chi connectivity index (χ1v) is 8.43. The molecule has 1 amide bonds. The zero-order valence-corrected chi connectivity index (χ0v) is 14.2. The largest absolute Gasteiger partial charge is 0.377 e. The van der Waals surface area contributed by atoms with Crippen LogP contribution in [0.1, 0.15) is 25.0 Å². The molecular weight excluding hydrogens is 308 g/mol. The minimum atomic E-state index is -0.149. The number of pyridine rings is 1. The van der Waals surface area contributed by atoms with Gasteiger partial charge in [-0.15, -0.1) is 0 Å². The highest BCUT2D eigenvalue weighted by Gasteiger charge is 2.44. The van der Waals surface area contributed by atoms with E-state index < -0.39 is 0 Å². The van der Waals surface area contributed by atoms with E-state index in [1.54, 1.807) is 23.3 Å². The molecule has 128 valence electrons. The average molecular weight is 330 g/mol. The van der Waals surface area contributed by atoms with Crippen LogP contribution in [0.25, 0.3) is 10.9 Å². The first-order valence-electron chi connectivity index (χ1n) is 8.43. The van der Waals surface area contributed by atoms with Crippen LogP contribution in [0.3, 0.4) is 0 Å². The lowest BCUT2D eigenvalue weighted by atomic mass is 9.97. The van der Waals surface area contributed by atoms with Gasteiger partial charge in [-0.25, -0.2) is 0 Å². The maximum atomic E-state index is 12.7. The van der Waals surface area contributed by atoms with Crippen LogP contribution >= 0.6 is 0 Å². The molecule has 24 heavy (non-hydrogen) atoms. The standard InChI is InChI=1S/C17H22N4O3/c1-9-8-12-13(17(23)20(9)2)15(19-21(12)3)18-16(22)11-6-7-24-14(11)10-4-5-10/h8,10-11,14H,4-7H2,1-3H3,(H,18,19,22)/t11-,14+/m1/s1. The fraction of sp³-hybridized carbons (Fsp3) is 0.588. The maximum Gasteiger partial charge on any atom is 0.263 e. The summed E-state index contributed by atoms with van der Waals surface area (Å²) < 4.78 is 8.96. The maximum absolute atomic E-state index is 12.7. The van der Waals surface area contributed by atoms with E-state index >= 15 is 0 Å². The van der Waals surface area contributed by atoms with Crippen molar-refractivity contribution in [2.75, 3.05) is 11.9 Å². The van der Waals surface area contributed by atoms with Gasteiger partial charge in [-0.2, -0.15) is 5.10 Å². The second-order valence-electron chi connectivity index (χ2n) is 6.94. The lowest BCUT2D eigenvalue weighted by Crippen LogP contribution is -2.31. The Morgan fingerprint density at radius 3 is 2.79 bits per heavy atom. The monoisotopic (exact) mass is 330 g/mol. The topological polar surface area (TPSA) is 78.2 Å². The van der Waals surface area contributed by atoms with E-state index in [9.17, 15) is 9.59 Å². The van der Waals surface area contributed by atoms with Crippen molar-refractivity contribution in [2.24, 2.45) is 25.9 Å². The molecule has 2 fully saturated rings. The molecule has 0 spiro atoms. The highest BCUT2D eigenvalue weighted by Crippen LogP contribution is 2.41. The minimum absolute atomic E-state index is 0.0186. The van der Waals surface area contributed by atoms with Crippen LogP contribution in [0.15, 0.2) is 10.9 Å². The molecule has 0 radical (unpaired) electrons. The second-order valence-corrected chi connectivity index (χ2v) is 6.94. The van der Waals surface area contributed by atoms with E-state index in [-0.39, 0.29) is 23.5 Å². The van der Waals surface area contributed by atoms with Crippen LogP contribution in [-0.4, -0.2) is 33.0 Å². The fourth-order valence-corrected chi connectivity index (χ4v) is 3.61. The number of rotatable bonds is 3. The van der Waals surface area contributed by atoms with Gasteiger partial charge in [-0.05, 0) is 38.2 Å². The molecule has 1 saturated heterocycles. The number of aryl methyl sites for hydroxylation is 2. The summed E-state index contributed by atoms with van der Waals surface area (Å²) in [6.45, 7) is 2.51. The number of nitrogens with zero attached hydrogens (tertiary/aromatic N) is 3. The number of hydrogen-bond donors (Lipinski definition) is 1. The SMILES string of the molecule is Cc1cc2c(c(NC(=O)[C@@H]3CCO[C@H]3C3CC3)nn2C)c(=O)n1C. The number of ether oxygens (including phenoxy) is 1. The first kappa shape index (κ1) is 15.4. The van der Waals surface area contributed by atoms with Gasteiger partial charge in [0.25, 0.3) is 5.56 Å². The Bertz CT molecular complexity index is 878. The summed E-state index contributed by atoms with van der Waals surface area (Å²) in [5.41, 5.74) is 1.44. The third kappa shape index (κ3) is 2.34. The average Bonchev–Trinajstić information content (AvgIpc) is 3.19. The van der Waals surface area contributed by atoms with E-state index in [0.717, 1.165) is 30.5 Å². The Labute approximate surface area is 139 Å². The number of fused-ring (bicyclic) bond motifs is 1. The summed E-state index contributed by atoms with van der Waals surface area (Å²) >= 11 is 0. The second kappa shape index (κ2) is 5.44. The molecule has 1 saturated carbocycles. The van der Waals surface area contributed by atoms with Crippen LogP contribution in [0.5, 0.6) is 0 Å². The smallest absolute Gasteiger partial charge is 0.263 e. The summed E-state index contributed by atoms with van der Waals surface area (Å²) in [4.78, 5) is 25.3. The van der Waals surface area contributed by atoms with Gasteiger partial charge in [0.05, 0.1) is 17.5 Å². The van der Waals surface area contributed by atoms with E-state index in [2.05, 4.69) is 10.4 Å². The Morgan fingerprint density at radius 2 is 2.08 bits per heavy atom. The molecule has 0 bridgehead atoms. The Kier molecular flexibility index (Phi) is 3.49. The summed E-state index contributed by atoms with van der Waals surface area (Å²) in [5.74, 6) is 0.620. The molecular formula is C17H22N4O3. The molecule has 1 aliphatic heterocycles. The zero-order valence-electron chi connectivity index (χ0n) is 14.2. The summed E-state index contributed by atoms with van der Waals surface area (Å²) in [6, 6.07) is 1.91. The Balaban J connectivity index is 1.68. The third-order valence-corrected chi connectivity index (χ3v) is 5.29. The number of nitrogens with one attached hydrogen (secondary N) is 1. The van der Waals surface area contributed by atoms with Crippen molar-refractivity contribution < 1.29 is 9.53 Å². The van der Waals surface area contributed by atoms with E-state index in [4.69, 9.17) is 4.74 Å². The van der Waals surface area contributed by atoms with E-state index in [1.807, 2.05) is 13.0 Å². The van der Waals surface area contributed by atoms with Crippen molar-refractivity contribution in [1.29, 1.82) is 0 Å². The highest BCUT2D eigenvalue weighted by atomic mass is 16.5. The van der Waals surface area contributed by atoms with Gasteiger partial charge in [0.2, 0.25) is 5.91 Å². The van der Waals surface area contributed by atoms with Crippen molar-refractivity contribution in [1.82, 2.24) is 14.3 Å². The Morgan fingerprint density at radius 1 is 1.33 bits per heavy atom. The van der Waals surface area contributed by atoms with Gasteiger partial charge in [0.15, 0.2) is 5.82 Å². The fourth-order valence-electron chi connectivity index (χ4n) is 3.61. The zero-order chi connectivity index (χ0) is 17.0. The first-order chi connectivity index (χ1) is 11.5. The summed E-state index contributed by atoms with van der Waals surface area (Å²) in [6.07, 6.45) is 3.03. The molecule has 1 aliphatic carbocycles. The lowest BCUT2D eigenvalue weighted by molar-refractivity contribution is -0.121. The summed E-state index contributed by atoms with van der Waals surface area (Å²) in [7, 11) is 3.51. The molecule has 2 atom stereocenters. The number of anilines is 1. The van der Waals surface area contributed by atoms with Gasteiger partial charge in [-0.3, -0.25) is 14.3 Å². The molecule has 7 nitrogen and oxygen atoms in total. The predicted molar refractivity (Wildman–Crippen MR) is 89.9 cm³/mol. The third-order valence-electron chi connectivity index (χ3n) is 5.29. The molecule has 0 unspecified atom stereocenters. The van der Waals surface area contributed by atoms with Gasteiger partial charge >= 0.3 is 0 Å². The van der Waals surface area contributed by atoms with Crippen molar-refractivity contribution in [3.8, 4) is 0 Å². The van der Waals surface area contributed by atoms with Crippen LogP contribution in [0.2, 0.25) is 0 Å². The normalized spacial score (nSPS) is 23.8. The number of carbonyl (C=O) groups is 1. The minimum Gasteiger partial charge on any atom is -0.377 e. The quantitative estimate of drug-likeness (QED) is 0.921. The lowest BCUT2D eigenvalue weighted by Gasteiger charge is -2.16. The van der Waals surface area contributed by atoms with Gasteiger partial charge in [0.1, 0.15) is 5.39 Å². The van der Waals surface area contributed by atoms with Gasteiger partial charge in [0, 0.05) is 26.4 Å². The van der Waals surface area contributed by atoms with Gasteiger partial charge < -0.3 is 14.6 Å². The van der Waals surface area contributed by atoms with E-state index in [1.165, 1.54) is 0 Å². The molecule has 4 rings (SSSR count). The molecule has 2 aliphatic rings. The van der Waals surface area contributed by atoms with Crippen molar-refractivity contribution >= 4 is 22.6 Å². The van der Waals surface area contributed by atoms with Gasteiger partial charge in [-0.1, -0.05) is 0 Å². The molecule has 1 N–H and O–H groups in total. The Hall–Kier alpha value is -2.15. The summed E-state index contributed by atoms with van der Waals surface area (Å²) in [5, 5.41) is 7.70. The molecule has 7 heteroatoms. The van der Waals surface area contributed by atoms with Crippen molar-refractivity contribution in [2.45, 2.75) is 32.3 Å². The molecule has 3 heterocycles. The molecule has 0 aromatic carbocycles. The molecule has 2 aromatic rings. The van der Waals surface area contributed by atoms with Crippen LogP contribution in [-0.2, 0) is 23.6 Å². The number of aromatic nitrogens is 3. The number of carbonyl (C=O) groups excluding carboxylic acids is 1. The van der Waals surface area contributed by atoms with Crippen LogP contribution in [0, 0.1) is 18.8 Å². The number of amides is 1. The predicted octanol–water partition coefficient (Wildman–Crippen LogP) is 1.33. The highest BCUT2D eigenvalue weighted by molar-refractivity contribution is 6.00.